The van der Waals surface area contributed by atoms with Crippen molar-refractivity contribution in [2.75, 3.05) is 0 Å². The minimum atomic E-state index is -0.495. The molecular weight excluding hydrogens is 294 g/mol. The van der Waals surface area contributed by atoms with E-state index in [9.17, 15) is 5.11 Å². The molecule has 0 saturated carbocycles. The Bertz CT molecular complexity index is 1020. The van der Waals surface area contributed by atoms with E-state index in [0.29, 0.717) is 6.42 Å². The topological polar surface area (TPSA) is 33.1 Å². The predicted molar refractivity (Wildman–Crippen MR) is 99.9 cm³/mol. The number of hydrogen-bond donors (Lipinski definition) is 1. The lowest BCUT2D eigenvalue weighted by Gasteiger charge is -2.18. The lowest BCUT2D eigenvalue weighted by molar-refractivity contribution is 0.174. The van der Waals surface area contributed by atoms with Gasteiger partial charge in [0.1, 0.15) is 0 Å². The highest BCUT2D eigenvalue weighted by atomic mass is 16.3. The number of aliphatic hydroxyl groups is 1. The fraction of sp³-hybridized carbons (Fsp3) is 0.136. The molecule has 118 valence electrons. The second-order valence-electron chi connectivity index (χ2n) is 6.06. The van der Waals surface area contributed by atoms with Crippen molar-refractivity contribution in [2.24, 2.45) is 0 Å². The van der Waals surface area contributed by atoms with Gasteiger partial charge in [-0.05, 0) is 34.2 Å². The number of aliphatic hydroxyl groups excluding tert-OH is 1. The number of nitrogens with zero attached hydrogens (tertiary/aromatic N) is 1. The van der Waals surface area contributed by atoms with Gasteiger partial charge in [-0.3, -0.25) is 4.98 Å². The van der Waals surface area contributed by atoms with E-state index >= 15 is 0 Å². The van der Waals surface area contributed by atoms with Crippen LogP contribution in [0.15, 0.2) is 72.9 Å². The molecule has 0 bridgehead atoms. The molecule has 0 aliphatic heterocycles. The monoisotopic (exact) mass is 313 g/mol. The van der Waals surface area contributed by atoms with Crippen LogP contribution in [0.3, 0.4) is 0 Å². The van der Waals surface area contributed by atoms with E-state index in [-0.39, 0.29) is 0 Å². The van der Waals surface area contributed by atoms with Crippen molar-refractivity contribution in [2.45, 2.75) is 19.4 Å². The highest BCUT2D eigenvalue weighted by Crippen LogP contribution is 2.38. The summed E-state index contributed by atoms with van der Waals surface area (Å²) in [7, 11) is 0. The molecule has 4 rings (SSSR count). The molecule has 3 aromatic carbocycles. The van der Waals surface area contributed by atoms with Crippen LogP contribution in [0.2, 0.25) is 0 Å². The maximum Gasteiger partial charge on any atom is 0.0794 e. The van der Waals surface area contributed by atoms with Gasteiger partial charge in [-0.25, -0.2) is 0 Å². The van der Waals surface area contributed by atoms with Crippen LogP contribution in [0.1, 0.15) is 25.0 Å². The van der Waals surface area contributed by atoms with Crippen molar-refractivity contribution < 1.29 is 5.11 Å². The summed E-state index contributed by atoms with van der Waals surface area (Å²) in [5.74, 6) is 0. The molecule has 0 radical (unpaired) electrons. The quantitative estimate of drug-likeness (QED) is 0.542. The van der Waals surface area contributed by atoms with Crippen LogP contribution in [0.25, 0.3) is 32.8 Å². The summed E-state index contributed by atoms with van der Waals surface area (Å²) in [5.41, 5.74) is 2.92. The van der Waals surface area contributed by atoms with Crippen LogP contribution in [0.4, 0.5) is 0 Å². The van der Waals surface area contributed by atoms with Gasteiger partial charge in [0.15, 0.2) is 0 Å². The molecule has 0 aliphatic rings. The van der Waals surface area contributed by atoms with Crippen molar-refractivity contribution in [3.05, 3.63) is 78.5 Å². The van der Waals surface area contributed by atoms with E-state index in [1.807, 2.05) is 49.5 Å². The van der Waals surface area contributed by atoms with Gasteiger partial charge in [0, 0.05) is 17.1 Å². The molecule has 1 atom stereocenters. The highest BCUT2D eigenvalue weighted by Gasteiger charge is 2.17. The maximum absolute atomic E-state index is 10.6. The third kappa shape index (κ3) is 2.36. The van der Waals surface area contributed by atoms with Crippen molar-refractivity contribution >= 4 is 21.5 Å². The van der Waals surface area contributed by atoms with Gasteiger partial charge in [-0.15, -0.1) is 0 Å². The average Bonchev–Trinajstić information content (AvgIpc) is 2.66. The Hall–Kier alpha value is -2.71. The van der Waals surface area contributed by atoms with Gasteiger partial charge in [0.25, 0.3) is 0 Å². The Morgan fingerprint density at radius 1 is 0.833 bits per heavy atom. The van der Waals surface area contributed by atoms with Crippen LogP contribution in [0, 0.1) is 0 Å². The molecule has 0 saturated heterocycles. The summed E-state index contributed by atoms with van der Waals surface area (Å²) in [4.78, 5) is 4.69. The molecule has 1 heterocycles. The van der Waals surface area contributed by atoms with E-state index < -0.39 is 6.10 Å². The Kier molecular flexibility index (Phi) is 3.75. The van der Waals surface area contributed by atoms with E-state index in [1.54, 1.807) is 0 Å². The van der Waals surface area contributed by atoms with E-state index in [0.717, 1.165) is 38.4 Å². The smallest absolute Gasteiger partial charge is 0.0794 e. The maximum atomic E-state index is 10.6. The molecule has 24 heavy (non-hydrogen) atoms. The first-order valence-electron chi connectivity index (χ1n) is 8.33. The summed E-state index contributed by atoms with van der Waals surface area (Å²) >= 11 is 0. The van der Waals surface area contributed by atoms with Gasteiger partial charge in [0.05, 0.1) is 11.8 Å². The Morgan fingerprint density at radius 2 is 1.50 bits per heavy atom. The normalized spacial score (nSPS) is 12.6. The van der Waals surface area contributed by atoms with Crippen molar-refractivity contribution in [3.63, 3.8) is 0 Å². The Morgan fingerprint density at radius 3 is 2.25 bits per heavy atom. The SMILES string of the molecule is CC[C@@H](O)c1ccc2ccccc2c1-c1nccc2ccccc12. The molecule has 0 amide bonds. The fourth-order valence-electron chi connectivity index (χ4n) is 3.37. The molecular formula is C22H19NO. The van der Waals surface area contributed by atoms with Gasteiger partial charge >= 0.3 is 0 Å². The van der Waals surface area contributed by atoms with Crippen LogP contribution in [-0.2, 0) is 0 Å². The first-order chi connectivity index (χ1) is 11.8. The standard InChI is InChI=1S/C22H19NO/c1-2-20(24)19-12-11-15-7-3-5-9-17(15)21(19)22-18-10-6-4-8-16(18)13-14-23-22/h3-14,20,24H,2H2,1H3/t20-/m1/s1. The Labute approximate surface area is 141 Å². The number of pyridine rings is 1. The number of rotatable bonds is 3. The molecule has 2 heteroatoms. The van der Waals surface area contributed by atoms with E-state index in [2.05, 4.69) is 30.3 Å². The van der Waals surface area contributed by atoms with E-state index in [4.69, 9.17) is 4.98 Å². The Balaban J connectivity index is 2.14. The van der Waals surface area contributed by atoms with Crippen LogP contribution >= 0.6 is 0 Å². The first kappa shape index (κ1) is 14.9. The summed E-state index contributed by atoms with van der Waals surface area (Å²) in [6.45, 7) is 2.00. The summed E-state index contributed by atoms with van der Waals surface area (Å²) in [5, 5.41) is 15.1. The van der Waals surface area contributed by atoms with Crippen LogP contribution in [0.5, 0.6) is 0 Å². The largest absolute Gasteiger partial charge is 0.388 e. The van der Waals surface area contributed by atoms with Crippen molar-refractivity contribution in [1.29, 1.82) is 0 Å². The molecule has 0 unspecified atom stereocenters. The van der Waals surface area contributed by atoms with Crippen molar-refractivity contribution in [3.8, 4) is 11.3 Å². The summed E-state index contributed by atoms with van der Waals surface area (Å²) in [6.07, 6.45) is 2.03. The predicted octanol–water partition coefficient (Wildman–Crippen LogP) is 5.50. The molecule has 2 nitrogen and oxygen atoms in total. The third-order valence-corrected chi connectivity index (χ3v) is 4.62. The van der Waals surface area contributed by atoms with Crippen molar-refractivity contribution in [1.82, 2.24) is 4.98 Å². The molecule has 1 N–H and O–H groups in total. The minimum Gasteiger partial charge on any atom is -0.388 e. The molecule has 1 aromatic heterocycles. The first-order valence-corrected chi connectivity index (χ1v) is 8.33. The second-order valence-corrected chi connectivity index (χ2v) is 6.06. The zero-order chi connectivity index (χ0) is 16.5. The van der Waals surface area contributed by atoms with Gasteiger partial charge in [0.2, 0.25) is 0 Å². The molecule has 0 fully saturated rings. The van der Waals surface area contributed by atoms with Crippen LogP contribution < -0.4 is 0 Å². The lowest BCUT2D eigenvalue weighted by atomic mass is 9.90. The molecule has 0 spiro atoms. The summed E-state index contributed by atoms with van der Waals surface area (Å²) in [6, 6.07) is 22.7. The van der Waals surface area contributed by atoms with Gasteiger partial charge in [-0.2, -0.15) is 0 Å². The highest BCUT2D eigenvalue weighted by molar-refractivity contribution is 6.05. The second kappa shape index (κ2) is 6.06. The lowest BCUT2D eigenvalue weighted by Crippen LogP contribution is -2.00. The van der Waals surface area contributed by atoms with Gasteiger partial charge < -0.3 is 5.11 Å². The average molecular weight is 313 g/mol. The number of aromatic nitrogens is 1. The van der Waals surface area contributed by atoms with E-state index in [1.165, 1.54) is 0 Å². The molecule has 0 aliphatic carbocycles. The van der Waals surface area contributed by atoms with Crippen LogP contribution in [-0.4, -0.2) is 10.1 Å². The number of hydrogen-bond acceptors (Lipinski definition) is 2. The van der Waals surface area contributed by atoms with Gasteiger partial charge in [-0.1, -0.05) is 67.6 Å². The minimum absolute atomic E-state index is 0.495. The fourth-order valence-corrected chi connectivity index (χ4v) is 3.37. The zero-order valence-corrected chi connectivity index (χ0v) is 13.6. The number of fused-ring (bicyclic) bond motifs is 2. The number of benzene rings is 3. The zero-order valence-electron chi connectivity index (χ0n) is 13.6. The third-order valence-electron chi connectivity index (χ3n) is 4.62. The molecule has 4 aromatic rings. The summed E-state index contributed by atoms with van der Waals surface area (Å²) < 4.78 is 0.